The van der Waals surface area contributed by atoms with Gasteiger partial charge in [0.1, 0.15) is 0 Å². The lowest BCUT2D eigenvalue weighted by atomic mass is 10.2. The van der Waals surface area contributed by atoms with Crippen LogP contribution >= 0.6 is 0 Å². The number of imidazole rings is 1. The second-order valence-corrected chi connectivity index (χ2v) is 5.33. The van der Waals surface area contributed by atoms with Crippen LogP contribution in [0.15, 0.2) is 24.5 Å². The lowest BCUT2D eigenvalue weighted by molar-refractivity contribution is 0.326. The highest BCUT2D eigenvalue weighted by molar-refractivity contribution is 5.75. The maximum absolute atomic E-state index is 4.48. The summed E-state index contributed by atoms with van der Waals surface area (Å²) >= 11 is 0. The molecule has 18 heavy (non-hydrogen) atoms. The molecule has 1 fully saturated rings. The number of nitrogens with zero attached hydrogens (tertiary/aromatic N) is 3. The second kappa shape index (κ2) is 5.11. The van der Waals surface area contributed by atoms with Crippen molar-refractivity contribution in [2.24, 2.45) is 0 Å². The van der Waals surface area contributed by atoms with Crippen molar-refractivity contribution in [3.05, 3.63) is 30.1 Å². The topological polar surface area (TPSA) is 21.1 Å². The van der Waals surface area contributed by atoms with Gasteiger partial charge in [0.15, 0.2) is 0 Å². The van der Waals surface area contributed by atoms with Gasteiger partial charge in [0.2, 0.25) is 0 Å². The van der Waals surface area contributed by atoms with Crippen molar-refractivity contribution >= 4 is 11.0 Å². The van der Waals surface area contributed by atoms with E-state index in [0.717, 1.165) is 12.1 Å². The van der Waals surface area contributed by atoms with E-state index in [9.17, 15) is 0 Å². The third-order valence-corrected chi connectivity index (χ3v) is 3.85. The molecule has 0 unspecified atom stereocenters. The summed E-state index contributed by atoms with van der Waals surface area (Å²) in [4.78, 5) is 7.05. The molecule has 2 aromatic rings. The van der Waals surface area contributed by atoms with Gasteiger partial charge in [-0.25, -0.2) is 4.98 Å². The molecule has 3 heteroatoms. The van der Waals surface area contributed by atoms with E-state index in [0.29, 0.717) is 0 Å². The Labute approximate surface area is 108 Å². The van der Waals surface area contributed by atoms with Gasteiger partial charge in [0, 0.05) is 6.54 Å². The number of aryl methyl sites for hydroxylation is 2. The van der Waals surface area contributed by atoms with Crippen LogP contribution in [0.2, 0.25) is 0 Å². The summed E-state index contributed by atoms with van der Waals surface area (Å²) in [7, 11) is 0. The number of rotatable bonds is 4. The first-order chi connectivity index (χ1) is 8.83. The summed E-state index contributed by atoms with van der Waals surface area (Å²) in [6, 6.07) is 6.51. The molecule has 0 radical (unpaired) electrons. The lowest BCUT2D eigenvalue weighted by Crippen LogP contribution is -2.21. The zero-order chi connectivity index (χ0) is 12.4. The largest absolute Gasteiger partial charge is 0.331 e. The summed E-state index contributed by atoms with van der Waals surface area (Å²) in [5.41, 5.74) is 3.67. The van der Waals surface area contributed by atoms with Gasteiger partial charge < -0.3 is 9.47 Å². The van der Waals surface area contributed by atoms with E-state index in [1.165, 1.54) is 50.0 Å². The summed E-state index contributed by atoms with van der Waals surface area (Å²) in [6.45, 7) is 7.02. The molecule has 0 N–H and O–H groups in total. The Kier molecular flexibility index (Phi) is 3.33. The average Bonchev–Trinajstić information content (AvgIpc) is 2.99. The van der Waals surface area contributed by atoms with E-state index in [1.54, 1.807) is 0 Å². The molecule has 1 aromatic carbocycles. The molecule has 0 spiro atoms. The molecule has 3 rings (SSSR count). The van der Waals surface area contributed by atoms with Crippen LogP contribution in [0.1, 0.15) is 24.8 Å². The van der Waals surface area contributed by atoms with E-state index in [1.807, 2.05) is 6.33 Å². The predicted molar refractivity (Wildman–Crippen MR) is 74.8 cm³/mol. The fraction of sp³-hybridized carbons (Fsp3) is 0.533. The van der Waals surface area contributed by atoms with E-state index < -0.39 is 0 Å². The van der Waals surface area contributed by atoms with Gasteiger partial charge in [0.05, 0.1) is 17.4 Å². The number of fused-ring (bicyclic) bond motifs is 1. The van der Waals surface area contributed by atoms with Crippen molar-refractivity contribution < 1.29 is 0 Å². The molecule has 1 aromatic heterocycles. The Bertz CT molecular complexity index is 524. The fourth-order valence-electron chi connectivity index (χ4n) is 2.82. The molecule has 0 aliphatic carbocycles. The molecular formula is C15H21N3. The molecular weight excluding hydrogens is 222 g/mol. The van der Waals surface area contributed by atoms with Gasteiger partial charge >= 0.3 is 0 Å². The highest BCUT2D eigenvalue weighted by atomic mass is 15.1. The monoisotopic (exact) mass is 243 g/mol. The van der Waals surface area contributed by atoms with Gasteiger partial charge in [-0.05, 0) is 63.5 Å². The van der Waals surface area contributed by atoms with Crippen LogP contribution in [-0.2, 0) is 6.54 Å². The number of benzene rings is 1. The standard InChI is InChI=1S/C15H21N3/c1-13-5-6-15-14(11-13)16-12-18(15)10-4-9-17-7-2-3-8-17/h5-6,11-12H,2-4,7-10H2,1H3. The molecule has 0 bridgehead atoms. The van der Waals surface area contributed by atoms with Gasteiger partial charge in [0.25, 0.3) is 0 Å². The van der Waals surface area contributed by atoms with Crippen molar-refractivity contribution in [2.45, 2.75) is 32.7 Å². The molecule has 1 saturated heterocycles. The molecule has 0 amide bonds. The highest BCUT2D eigenvalue weighted by Crippen LogP contribution is 2.15. The predicted octanol–water partition coefficient (Wildman–Crippen LogP) is 2.83. The number of aromatic nitrogens is 2. The maximum atomic E-state index is 4.48. The van der Waals surface area contributed by atoms with Crippen molar-refractivity contribution in [3.8, 4) is 0 Å². The molecule has 0 atom stereocenters. The Morgan fingerprint density at radius 2 is 2.00 bits per heavy atom. The van der Waals surface area contributed by atoms with Crippen molar-refractivity contribution in [1.82, 2.24) is 14.5 Å². The second-order valence-electron chi connectivity index (χ2n) is 5.33. The van der Waals surface area contributed by atoms with Crippen LogP contribution < -0.4 is 0 Å². The van der Waals surface area contributed by atoms with Crippen molar-refractivity contribution in [1.29, 1.82) is 0 Å². The van der Waals surface area contributed by atoms with Gasteiger partial charge in [-0.15, -0.1) is 0 Å². The van der Waals surface area contributed by atoms with E-state index >= 15 is 0 Å². The van der Waals surface area contributed by atoms with Gasteiger partial charge in [-0.2, -0.15) is 0 Å². The van der Waals surface area contributed by atoms with Gasteiger partial charge in [-0.1, -0.05) is 6.07 Å². The van der Waals surface area contributed by atoms with Gasteiger partial charge in [-0.3, -0.25) is 0 Å². The zero-order valence-electron chi connectivity index (χ0n) is 11.1. The summed E-state index contributed by atoms with van der Waals surface area (Å²) in [5.74, 6) is 0. The Morgan fingerprint density at radius 3 is 2.83 bits per heavy atom. The molecule has 3 nitrogen and oxygen atoms in total. The van der Waals surface area contributed by atoms with E-state index in [-0.39, 0.29) is 0 Å². The van der Waals surface area contributed by atoms with Crippen LogP contribution in [0.5, 0.6) is 0 Å². The minimum atomic E-state index is 1.08. The zero-order valence-corrected chi connectivity index (χ0v) is 11.1. The molecule has 96 valence electrons. The van der Waals surface area contributed by atoms with Crippen LogP contribution in [-0.4, -0.2) is 34.1 Å². The third kappa shape index (κ3) is 2.41. The minimum Gasteiger partial charge on any atom is -0.331 e. The molecule has 0 saturated carbocycles. The molecule has 1 aliphatic heterocycles. The highest BCUT2D eigenvalue weighted by Gasteiger charge is 2.10. The average molecular weight is 243 g/mol. The number of hydrogen-bond donors (Lipinski definition) is 0. The van der Waals surface area contributed by atoms with Crippen LogP contribution in [0, 0.1) is 6.92 Å². The Balaban J connectivity index is 1.63. The number of hydrogen-bond acceptors (Lipinski definition) is 2. The maximum Gasteiger partial charge on any atom is 0.0958 e. The SMILES string of the molecule is Cc1ccc2c(c1)ncn2CCCN1CCCC1. The first-order valence-electron chi connectivity index (χ1n) is 6.97. The first-order valence-corrected chi connectivity index (χ1v) is 6.97. The number of likely N-dealkylation sites (tertiary alicyclic amines) is 1. The lowest BCUT2D eigenvalue weighted by Gasteiger charge is -2.14. The quantitative estimate of drug-likeness (QED) is 0.823. The first kappa shape index (κ1) is 11.7. The van der Waals surface area contributed by atoms with Crippen LogP contribution in [0.3, 0.4) is 0 Å². The van der Waals surface area contributed by atoms with Crippen molar-refractivity contribution in [2.75, 3.05) is 19.6 Å². The summed E-state index contributed by atoms with van der Waals surface area (Å²) in [6.07, 6.45) is 5.97. The fourth-order valence-corrected chi connectivity index (χ4v) is 2.82. The minimum absolute atomic E-state index is 1.08. The Morgan fingerprint density at radius 1 is 1.17 bits per heavy atom. The molecule has 1 aliphatic rings. The summed E-state index contributed by atoms with van der Waals surface area (Å²) < 4.78 is 2.28. The Hall–Kier alpha value is -1.35. The van der Waals surface area contributed by atoms with Crippen molar-refractivity contribution in [3.63, 3.8) is 0 Å². The normalized spacial score (nSPS) is 16.7. The van der Waals surface area contributed by atoms with E-state index in [4.69, 9.17) is 0 Å². The third-order valence-electron chi connectivity index (χ3n) is 3.85. The smallest absolute Gasteiger partial charge is 0.0958 e. The van der Waals surface area contributed by atoms with E-state index in [2.05, 4.69) is 39.6 Å². The molecule has 2 heterocycles. The van der Waals surface area contributed by atoms with Crippen LogP contribution in [0.4, 0.5) is 0 Å². The van der Waals surface area contributed by atoms with Crippen LogP contribution in [0.25, 0.3) is 11.0 Å². The summed E-state index contributed by atoms with van der Waals surface area (Å²) in [5, 5.41) is 0.